The molecule has 0 aliphatic rings. The van der Waals surface area contributed by atoms with Crippen LogP contribution in [0.1, 0.15) is 19.5 Å². The van der Waals surface area contributed by atoms with Crippen LogP contribution in [0.15, 0.2) is 24.4 Å². The van der Waals surface area contributed by atoms with Crippen molar-refractivity contribution in [2.75, 3.05) is 0 Å². The van der Waals surface area contributed by atoms with Crippen LogP contribution in [0.3, 0.4) is 0 Å². The van der Waals surface area contributed by atoms with E-state index < -0.39 is 0 Å². The molecule has 13 heavy (non-hydrogen) atoms. The van der Waals surface area contributed by atoms with Gasteiger partial charge in [-0.25, -0.2) is 4.98 Å². The Labute approximate surface area is 79.2 Å². The molecule has 0 fully saturated rings. The molecule has 1 aromatic rings. The monoisotopic (exact) mass is 174 g/mol. The van der Waals surface area contributed by atoms with Gasteiger partial charge in [0.05, 0.1) is 6.04 Å². The lowest BCUT2D eigenvalue weighted by molar-refractivity contribution is 0.584. The van der Waals surface area contributed by atoms with E-state index in [-0.39, 0.29) is 6.04 Å². The van der Waals surface area contributed by atoms with Crippen molar-refractivity contribution in [2.45, 2.75) is 19.9 Å². The molecule has 0 aromatic carbocycles. The molecular formula is C11H14N2. The Hall–Kier alpha value is -1.33. The van der Waals surface area contributed by atoms with E-state index in [2.05, 4.69) is 30.7 Å². The van der Waals surface area contributed by atoms with Crippen LogP contribution in [-0.2, 0) is 0 Å². The third-order valence-corrected chi connectivity index (χ3v) is 1.75. The van der Waals surface area contributed by atoms with Crippen molar-refractivity contribution in [2.24, 2.45) is 11.7 Å². The highest BCUT2D eigenvalue weighted by Gasteiger charge is 2.01. The maximum absolute atomic E-state index is 5.76. The van der Waals surface area contributed by atoms with Crippen molar-refractivity contribution in [3.05, 3.63) is 30.1 Å². The predicted octanol–water partition coefficient (Wildman–Crippen LogP) is 1.42. The van der Waals surface area contributed by atoms with Gasteiger partial charge in [-0.3, -0.25) is 0 Å². The minimum Gasteiger partial charge on any atom is -0.317 e. The Kier molecular flexibility index (Phi) is 3.48. The van der Waals surface area contributed by atoms with Gasteiger partial charge in [0.15, 0.2) is 0 Å². The summed E-state index contributed by atoms with van der Waals surface area (Å²) in [6, 6.07) is 5.59. The molecule has 1 aromatic heterocycles. The van der Waals surface area contributed by atoms with Crippen LogP contribution in [0.4, 0.5) is 0 Å². The molecule has 1 rings (SSSR count). The van der Waals surface area contributed by atoms with Crippen molar-refractivity contribution >= 4 is 0 Å². The predicted molar refractivity (Wildman–Crippen MR) is 53.9 cm³/mol. The molecule has 0 saturated heterocycles. The number of pyridine rings is 1. The second kappa shape index (κ2) is 4.64. The van der Waals surface area contributed by atoms with Crippen LogP contribution in [0.5, 0.6) is 0 Å². The van der Waals surface area contributed by atoms with Crippen molar-refractivity contribution in [3.8, 4) is 11.8 Å². The summed E-state index contributed by atoms with van der Waals surface area (Å²) in [5.41, 5.74) is 6.54. The number of nitrogens with two attached hydrogens (primary N) is 1. The van der Waals surface area contributed by atoms with Gasteiger partial charge in [0, 0.05) is 6.20 Å². The number of nitrogens with zero attached hydrogens (tertiary/aromatic N) is 1. The Balaban J connectivity index is 2.68. The quantitative estimate of drug-likeness (QED) is 0.654. The highest BCUT2D eigenvalue weighted by molar-refractivity contribution is 5.28. The average Bonchev–Trinajstić information content (AvgIpc) is 2.15. The highest BCUT2D eigenvalue weighted by Crippen LogP contribution is 1.96. The van der Waals surface area contributed by atoms with Gasteiger partial charge >= 0.3 is 0 Å². The smallest absolute Gasteiger partial charge is 0.113 e. The molecule has 2 nitrogen and oxygen atoms in total. The first-order valence-corrected chi connectivity index (χ1v) is 4.38. The van der Waals surface area contributed by atoms with E-state index in [1.54, 1.807) is 6.20 Å². The maximum atomic E-state index is 5.76. The first-order valence-electron chi connectivity index (χ1n) is 4.38. The van der Waals surface area contributed by atoms with E-state index >= 15 is 0 Å². The second-order valence-corrected chi connectivity index (χ2v) is 3.25. The molecule has 1 atom stereocenters. The zero-order valence-electron chi connectivity index (χ0n) is 7.99. The van der Waals surface area contributed by atoms with Gasteiger partial charge < -0.3 is 5.73 Å². The van der Waals surface area contributed by atoms with Crippen LogP contribution in [0.25, 0.3) is 0 Å². The standard InChI is InChI=1S/C11H14N2/c1-9(2)11(12)7-6-10-5-3-4-8-13-10/h3-5,8-9,11H,12H2,1-2H3. The molecule has 0 spiro atoms. The molecule has 0 amide bonds. The summed E-state index contributed by atoms with van der Waals surface area (Å²) in [5.74, 6) is 6.29. The molecule has 2 heteroatoms. The van der Waals surface area contributed by atoms with E-state index in [0.29, 0.717) is 5.92 Å². The molecule has 2 N–H and O–H groups in total. The summed E-state index contributed by atoms with van der Waals surface area (Å²) >= 11 is 0. The summed E-state index contributed by atoms with van der Waals surface area (Å²) < 4.78 is 0. The number of aromatic nitrogens is 1. The molecule has 0 bridgehead atoms. The van der Waals surface area contributed by atoms with Crippen molar-refractivity contribution in [3.63, 3.8) is 0 Å². The Bertz CT molecular complexity index is 306. The minimum atomic E-state index is -0.0676. The SMILES string of the molecule is CC(C)C(N)C#Cc1ccccn1. The van der Waals surface area contributed by atoms with Gasteiger partial charge in [-0.1, -0.05) is 25.8 Å². The normalized spacial score (nSPS) is 12.0. The van der Waals surface area contributed by atoms with E-state index in [1.807, 2.05) is 18.2 Å². The van der Waals surface area contributed by atoms with Gasteiger partial charge in [-0.2, -0.15) is 0 Å². The lowest BCUT2D eigenvalue weighted by atomic mass is 10.1. The molecule has 68 valence electrons. The fourth-order valence-corrected chi connectivity index (χ4v) is 0.761. The topological polar surface area (TPSA) is 38.9 Å². The Morgan fingerprint density at radius 3 is 2.69 bits per heavy atom. The number of hydrogen-bond donors (Lipinski definition) is 1. The molecule has 0 saturated carbocycles. The van der Waals surface area contributed by atoms with Gasteiger partial charge in [-0.15, -0.1) is 0 Å². The summed E-state index contributed by atoms with van der Waals surface area (Å²) in [5, 5.41) is 0. The van der Waals surface area contributed by atoms with E-state index in [4.69, 9.17) is 5.73 Å². The van der Waals surface area contributed by atoms with Gasteiger partial charge in [0.1, 0.15) is 5.69 Å². The molecule has 0 aliphatic heterocycles. The van der Waals surface area contributed by atoms with Crippen LogP contribution in [0.2, 0.25) is 0 Å². The zero-order chi connectivity index (χ0) is 9.68. The molecule has 0 radical (unpaired) electrons. The van der Waals surface area contributed by atoms with Crippen LogP contribution >= 0.6 is 0 Å². The zero-order valence-corrected chi connectivity index (χ0v) is 7.99. The third-order valence-electron chi connectivity index (χ3n) is 1.75. The van der Waals surface area contributed by atoms with E-state index in [0.717, 1.165) is 5.69 Å². The Morgan fingerprint density at radius 1 is 1.38 bits per heavy atom. The van der Waals surface area contributed by atoms with Crippen molar-refractivity contribution in [1.29, 1.82) is 0 Å². The third kappa shape index (κ3) is 3.27. The first-order chi connectivity index (χ1) is 6.20. The van der Waals surface area contributed by atoms with Crippen molar-refractivity contribution < 1.29 is 0 Å². The summed E-state index contributed by atoms with van der Waals surface area (Å²) in [4.78, 5) is 4.08. The Morgan fingerprint density at radius 2 is 2.15 bits per heavy atom. The lowest BCUT2D eigenvalue weighted by Crippen LogP contribution is -2.23. The summed E-state index contributed by atoms with van der Waals surface area (Å²) in [6.07, 6.45) is 1.73. The maximum Gasteiger partial charge on any atom is 0.113 e. The molecule has 1 heterocycles. The van der Waals surface area contributed by atoms with Gasteiger partial charge in [-0.05, 0) is 24.0 Å². The largest absolute Gasteiger partial charge is 0.317 e. The fourth-order valence-electron chi connectivity index (χ4n) is 0.761. The molecular weight excluding hydrogens is 160 g/mol. The van der Waals surface area contributed by atoms with E-state index in [1.165, 1.54) is 0 Å². The number of rotatable bonds is 1. The fraction of sp³-hybridized carbons (Fsp3) is 0.364. The minimum absolute atomic E-state index is 0.0676. The highest BCUT2D eigenvalue weighted by atomic mass is 14.7. The molecule has 1 unspecified atom stereocenters. The first kappa shape index (κ1) is 9.76. The van der Waals surface area contributed by atoms with Crippen LogP contribution < -0.4 is 5.73 Å². The van der Waals surface area contributed by atoms with E-state index in [9.17, 15) is 0 Å². The van der Waals surface area contributed by atoms with Crippen LogP contribution in [0, 0.1) is 17.8 Å². The summed E-state index contributed by atoms with van der Waals surface area (Å²) in [6.45, 7) is 4.11. The van der Waals surface area contributed by atoms with Gasteiger partial charge in [0.2, 0.25) is 0 Å². The van der Waals surface area contributed by atoms with Crippen molar-refractivity contribution in [1.82, 2.24) is 4.98 Å². The average molecular weight is 174 g/mol. The number of hydrogen-bond acceptors (Lipinski definition) is 2. The van der Waals surface area contributed by atoms with Gasteiger partial charge in [0.25, 0.3) is 0 Å². The van der Waals surface area contributed by atoms with Crippen LogP contribution in [-0.4, -0.2) is 11.0 Å². The summed E-state index contributed by atoms with van der Waals surface area (Å²) in [7, 11) is 0. The lowest BCUT2D eigenvalue weighted by Gasteiger charge is -2.06. The second-order valence-electron chi connectivity index (χ2n) is 3.25. The molecule has 0 aliphatic carbocycles.